The van der Waals surface area contributed by atoms with Crippen molar-refractivity contribution >= 4 is 33.5 Å². The lowest BCUT2D eigenvalue weighted by atomic mass is 10.0. The molecule has 276 valence electrons. The van der Waals surface area contributed by atoms with Crippen molar-refractivity contribution in [3.8, 4) is 17.1 Å². The lowest BCUT2D eigenvalue weighted by Crippen LogP contribution is -2.56. The zero-order valence-corrected chi connectivity index (χ0v) is 30.4. The first-order chi connectivity index (χ1) is 24.2. The van der Waals surface area contributed by atoms with Gasteiger partial charge in [0, 0.05) is 38.0 Å². The summed E-state index contributed by atoms with van der Waals surface area (Å²) < 4.78 is 40.3. The van der Waals surface area contributed by atoms with Gasteiger partial charge in [-0.05, 0) is 81.7 Å². The van der Waals surface area contributed by atoms with Crippen LogP contribution in [-0.4, -0.2) is 85.8 Å². The Labute approximate surface area is 296 Å². The molecule has 16 heteroatoms. The van der Waals surface area contributed by atoms with Gasteiger partial charge in [0.05, 0.1) is 18.4 Å². The summed E-state index contributed by atoms with van der Waals surface area (Å²) in [5, 5.41) is 9.09. The van der Waals surface area contributed by atoms with Crippen LogP contribution in [-0.2, 0) is 35.6 Å². The molecule has 1 aromatic heterocycles. The lowest BCUT2D eigenvalue weighted by molar-refractivity contribution is -0.137. The molecule has 2 aromatic carbocycles. The molecule has 1 saturated heterocycles. The van der Waals surface area contributed by atoms with Crippen LogP contribution in [0, 0.1) is 20.8 Å². The second-order valence-electron chi connectivity index (χ2n) is 12.8. The summed E-state index contributed by atoms with van der Waals surface area (Å²) in [6.07, 6.45) is 2.72. The van der Waals surface area contributed by atoms with Crippen molar-refractivity contribution in [1.82, 2.24) is 30.4 Å². The number of likely N-dealkylation sites (tertiary alicyclic amines) is 1. The zero-order chi connectivity index (χ0) is 37.3. The minimum atomic E-state index is -4.39. The summed E-state index contributed by atoms with van der Waals surface area (Å²) in [7, 11) is -2.90. The van der Waals surface area contributed by atoms with Crippen molar-refractivity contribution in [3.05, 3.63) is 63.1 Å². The molecular formula is C35H46N6O9S. The molecule has 2 atom stereocenters. The Kier molecular flexibility index (Phi) is 13.3. The number of hydrogen-bond acceptors (Lipinski definition) is 10. The number of aryl methyl sites for hydroxylation is 1. The molecule has 0 radical (unpaired) electrons. The van der Waals surface area contributed by atoms with Crippen molar-refractivity contribution in [2.45, 2.75) is 89.6 Å². The average Bonchev–Trinajstić information content (AvgIpc) is 3.53. The van der Waals surface area contributed by atoms with Gasteiger partial charge in [-0.15, -0.1) is 0 Å². The van der Waals surface area contributed by atoms with E-state index < -0.39 is 46.1 Å². The van der Waals surface area contributed by atoms with Crippen LogP contribution in [0.15, 0.2) is 44.5 Å². The molecular weight excluding hydrogens is 680 g/mol. The van der Waals surface area contributed by atoms with Crippen molar-refractivity contribution in [2.24, 2.45) is 0 Å². The normalized spacial score (nSPS) is 14.4. The first-order valence-corrected chi connectivity index (χ1v) is 18.4. The Bertz CT molecular complexity index is 1900. The molecule has 0 aliphatic carbocycles. The van der Waals surface area contributed by atoms with Gasteiger partial charge in [0.25, 0.3) is 0 Å². The number of rotatable bonds is 16. The number of nitrogens with one attached hydrogen (secondary N) is 4. The average molecular weight is 727 g/mol. The summed E-state index contributed by atoms with van der Waals surface area (Å²) in [5.74, 6) is -1.81. The first-order valence-electron chi connectivity index (χ1n) is 16.9. The van der Waals surface area contributed by atoms with Gasteiger partial charge in [-0.3, -0.25) is 23.9 Å². The summed E-state index contributed by atoms with van der Waals surface area (Å²) in [4.78, 5) is 67.9. The standard InChI is InChI=1S/C35H46N6O9S/c1-21-18-29(49-5)23(3)24(4)31(21)51(47,48)40-27(20-30(43)36-15-9-10-22(2)42)33(44)37-28(34(45)41-16-7-6-8-17-41)19-25-11-13-26(14-12-25)32-38-35(46)50-39-32/h11-14,18,27-28,40H,6-10,15-17,19-20H2,1-5H3,(H,36,43)(H,37,44)(H,38,39,46)/t27-,28+/m0/s1. The molecule has 4 N–H and O–H groups in total. The largest absolute Gasteiger partial charge is 0.496 e. The summed E-state index contributed by atoms with van der Waals surface area (Å²) in [6.45, 7) is 7.59. The van der Waals surface area contributed by atoms with Gasteiger partial charge in [0.15, 0.2) is 5.82 Å². The predicted octanol–water partition coefficient (Wildman–Crippen LogP) is 2.23. The molecule has 51 heavy (non-hydrogen) atoms. The van der Waals surface area contributed by atoms with Gasteiger partial charge in [0.2, 0.25) is 27.7 Å². The summed E-state index contributed by atoms with van der Waals surface area (Å²) >= 11 is 0. The molecule has 2 heterocycles. The highest BCUT2D eigenvalue weighted by Gasteiger charge is 2.34. The highest BCUT2D eigenvalue weighted by molar-refractivity contribution is 7.89. The number of ketones is 1. The monoisotopic (exact) mass is 726 g/mol. The number of amides is 3. The van der Waals surface area contributed by atoms with Gasteiger partial charge in [-0.25, -0.2) is 13.2 Å². The fourth-order valence-electron chi connectivity index (χ4n) is 6.10. The van der Waals surface area contributed by atoms with E-state index >= 15 is 0 Å². The van der Waals surface area contributed by atoms with E-state index in [9.17, 15) is 32.4 Å². The van der Waals surface area contributed by atoms with E-state index in [1.807, 2.05) is 0 Å². The van der Waals surface area contributed by atoms with Crippen LogP contribution in [0.1, 0.15) is 67.7 Å². The number of benzene rings is 2. The van der Waals surface area contributed by atoms with Crippen molar-refractivity contribution in [2.75, 3.05) is 26.7 Å². The second-order valence-corrected chi connectivity index (χ2v) is 14.5. The molecule has 0 spiro atoms. The molecule has 4 rings (SSSR count). The zero-order valence-electron chi connectivity index (χ0n) is 29.6. The van der Waals surface area contributed by atoms with Gasteiger partial charge in [-0.1, -0.05) is 29.4 Å². The Morgan fingerprint density at radius 2 is 1.71 bits per heavy atom. The second kappa shape index (κ2) is 17.4. The van der Waals surface area contributed by atoms with Gasteiger partial charge in [-0.2, -0.15) is 4.72 Å². The van der Waals surface area contributed by atoms with Crippen molar-refractivity contribution in [3.63, 3.8) is 0 Å². The maximum absolute atomic E-state index is 14.1. The van der Waals surface area contributed by atoms with Crippen LogP contribution < -0.4 is 25.8 Å². The van der Waals surface area contributed by atoms with Crippen molar-refractivity contribution < 1.29 is 36.9 Å². The molecule has 15 nitrogen and oxygen atoms in total. The third-order valence-electron chi connectivity index (χ3n) is 8.89. The van der Waals surface area contributed by atoms with Crippen LogP contribution in [0.3, 0.4) is 0 Å². The number of piperidine rings is 1. The molecule has 1 aliphatic heterocycles. The van der Waals surface area contributed by atoms with Crippen molar-refractivity contribution in [1.29, 1.82) is 0 Å². The molecule has 3 aromatic rings. The number of H-pyrrole nitrogens is 1. The molecule has 0 bridgehead atoms. The lowest BCUT2D eigenvalue weighted by Gasteiger charge is -2.31. The first kappa shape index (κ1) is 39.0. The van der Waals surface area contributed by atoms with E-state index in [0.717, 1.165) is 19.3 Å². The van der Waals surface area contributed by atoms with Crippen LogP contribution in [0.5, 0.6) is 5.75 Å². The number of aromatic nitrogens is 2. The smallest absolute Gasteiger partial charge is 0.439 e. The molecule has 1 aliphatic rings. The van der Waals surface area contributed by atoms with Gasteiger partial charge >= 0.3 is 5.76 Å². The fraction of sp³-hybridized carbons (Fsp3) is 0.486. The van der Waals surface area contributed by atoms with Crippen LogP contribution in [0.25, 0.3) is 11.4 Å². The number of carbonyl (C=O) groups excluding carboxylic acids is 4. The van der Waals surface area contributed by atoms with E-state index in [1.54, 1.807) is 56.0 Å². The molecule has 3 amide bonds. The number of carbonyl (C=O) groups is 4. The number of aromatic amines is 1. The third kappa shape index (κ3) is 10.4. The Morgan fingerprint density at radius 1 is 1.02 bits per heavy atom. The number of hydrogen-bond donors (Lipinski definition) is 4. The van der Waals surface area contributed by atoms with E-state index in [-0.39, 0.29) is 41.8 Å². The van der Waals surface area contributed by atoms with E-state index in [0.29, 0.717) is 53.1 Å². The Balaban J connectivity index is 1.63. The maximum atomic E-state index is 14.1. The number of nitrogens with zero attached hydrogens (tertiary/aromatic N) is 2. The summed E-state index contributed by atoms with van der Waals surface area (Å²) in [5.41, 5.74) is 2.63. The minimum absolute atomic E-state index is 0.0399. The Morgan fingerprint density at radius 3 is 2.31 bits per heavy atom. The number of methoxy groups -OCH3 is 1. The highest BCUT2D eigenvalue weighted by Crippen LogP contribution is 2.30. The van der Waals surface area contributed by atoms with Gasteiger partial charge in [0.1, 0.15) is 23.6 Å². The number of ether oxygens (including phenoxy) is 1. The van der Waals surface area contributed by atoms with Crippen LogP contribution in [0.2, 0.25) is 0 Å². The highest BCUT2D eigenvalue weighted by atomic mass is 32.2. The van der Waals surface area contributed by atoms with E-state index in [4.69, 9.17) is 4.74 Å². The quantitative estimate of drug-likeness (QED) is 0.158. The van der Waals surface area contributed by atoms with E-state index in [1.165, 1.54) is 14.0 Å². The summed E-state index contributed by atoms with van der Waals surface area (Å²) in [6, 6.07) is 5.71. The van der Waals surface area contributed by atoms with Crippen LogP contribution in [0.4, 0.5) is 0 Å². The number of sulfonamides is 1. The van der Waals surface area contributed by atoms with Gasteiger partial charge < -0.3 is 25.1 Å². The topological polar surface area (TPSA) is 210 Å². The Hall–Kier alpha value is -4.83. The molecule has 0 unspecified atom stereocenters. The molecule has 0 saturated carbocycles. The fourth-order valence-corrected chi connectivity index (χ4v) is 7.82. The third-order valence-corrected chi connectivity index (χ3v) is 10.6. The SMILES string of the molecule is COc1cc(C)c(S(=O)(=O)N[C@@H](CC(=O)NCCCC(C)=O)C(=O)N[C@H](Cc2ccc(-c3noc(=O)[nH]3)cc2)C(=O)N2CCCCC2)c(C)c1C. The predicted molar refractivity (Wildman–Crippen MR) is 187 cm³/mol. The maximum Gasteiger partial charge on any atom is 0.439 e. The van der Waals surface area contributed by atoms with E-state index in [2.05, 4.69) is 30.0 Å². The van der Waals surface area contributed by atoms with Crippen LogP contribution >= 0.6 is 0 Å². The minimum Gasteiger partial charge on any atom is -0.496 e. The molecule has 1 fully saturated rings. The number of Topliss-reactive ketones (excluding diaryl/α,β-unsaturated/α-hetero) is 1.